The number of hydrogen-bond acceptors (Lipinski definition) is 6. The largest absolute Gasteiger partial charge is 0.472 e. The van der Waals surface area contributed by atoms with Crippen molar-refractivity contribution >= 4 is 29.3 Å². The van der Waals surface area contributed by atoms with Gasteiger partial charge >= 0.3 is 6.09 Å². The van der Waals surface area contributed by atoms with Gasteiger partial charge in [0.1, 0.15) is 12.2 Å². The number of pyridine rings is 1. The number of cyclic esters (lactones) is 1. The van der Waals surface area contributed by atoms with Gasteiger partial charge in [0.15, 0.2) is 0 Å². The molecule has 2 aromatic rings. The molecular formula is C20H20ClN3O5. The number of benzene rings is 1. The Balaban J connectivity index is 1.28. The third-order valence-electron chi connectivity index (χ3n) is 4.66. The van der Waals surface area contributed by atoms with E-state index in [-0.39, 0.29) is 18.6 Å². The summed E-state index contributed by atoms with van der Waals surface area (Å²) in [5.41, 5.74) is 1.06. The van der Waals surface area contributed by atoms with Crippen molar-refractivity contribution in [3.63, 3.8) is 0 Å². The molecule has 0 radical (unpaired) electrons. The van der Waals surface area contributed by atoms with Gasteiger partial charge in [-0.1, -0.05) is 17.7 Å². The van der Waals surface area contributed by atoms with E-state index in [2.05, 4.69) is 10.3 Å². The van der Waals surface area contributed by atoms with E-state index in [4.69, 9.17) is 25.8 Å². The number of aromatic nitrogens is 1. The first-order valence-corrected chi connectivity index (χ1v) is 9.68. The standard InChI is InChI=1S/C20H20ClN3O5/c21-14-2-1-3-15(8-14)24-11-17(29-20(24)26)10-23-19(25)13-4-5-18(22-9-13)28-16-6-7-27-12-16/h1-5,8-9,16-17H,6-7,10-12H2,(H,23,25). The highest BCUT2D eigenvalue weighted by Crippen LogP contribution is 2.24. The first-order chi connectivity index (χ1) is 14.1. The number of rotatable bonds is 6. The molecule has 2 saturated heterocycles. The summed E-state index contributed by atoms with van der Waals surface area (Å²) in [5.74, 6) is 0.157. The Morgan fingerprint density at radius 3 is 2.97 bits per heavy atom. The fourth-order valence-corrected chi connectivity index (χ4v) is 3.34. The number of amides is 2. The van der Waals surface area contributed by atoms with Crippen molar-refractivity contribution in [3.05, 3.63) is 53.2 Å². The second-order valence-corrected chi connectivity index (χ2v) is 7.23. The Bertz CT molecular complexity index is 886. The summed E-state index contributed by atoms with van der Waals surface area (Å²) in [5, 5.41) is 3.30. The Hall–Kier alpha value is -2.84. The summed E-state index contributed by atoms with van der Waals surface area (Å²) in [6, 6.07) is 10.3. The van der Waals surface area contributed by atoms with Gasteiger partial charge in [-0.15, -0.1) is 0 Å². The highest BCUT2D eigenvalue weighted by atomic mass is 35.5. The maximum atomic E-state index is 12.4. The minimum Gasteiger partial charge on any atom is -0.472 e. The number of halogens is 1. The first-order valence-electron chi connectivity index (χ1n) is 9.31. The highest BCUT2D eigenvalue weighted by Gasteiger charge is 2.32. The average Bonchev–Trinajstić information content (AvgIpc) is 3.36. The van der Waals surface area contributed by atoms with Crippen LogP contribution < -0.4 is 15.0 Å². The lowest BCUT2D eigenvalue weighted by molar-refractivity contribution is 0.0915. The van der Waals surface area contributed by atoms with Crippen LogP contribution in [-0.2, 0) is 9.47 Å². The van der Waals surface area contributed by atoms with Crippen LogP contribution >= 0.6 is 11.6 Å². The third kappa shape index (κ3) is 4.78. The van der Waals surface area contributed by atoms with Crippen LogP contribution in [0.4, 0.5) is 10.5 Å². The Morgan fingerprint density at radius 1 is 1.34 bits per heavy atom. The zero-order valence-corrected chi connectivity index (χ0v) is 16.3. The van der Waals surface area contributed by atoms with Gasteiger partial charge in [0, 0.05) is 29.4 Å². The molecule has 2 aliphatic heterocycles. The minimum absolute atomic E-state index is 0.00155. The summed E-state index contributed by atoms with van der Waals surface area (Å²) in [6.45, 7) is 1.76. The summed E-state index contributed by atoms with van der Waals surface area (Å²) < 4.78 is 16.3. The molecule has 8 nitrogen and oxygen atoms in total. The van der Waals surface area contributed by atoms with Crippen LogP contribution in [0.1, 0.15) is 16.8 Å². The lowest BCUT2D eigenvalue weighted by Gasteiger charge is -2.13. The molecule has 1 aromatic carbocycles. The van der Waals surface area contributed by atoms with Crippen molar-refractivity contribution in [2.45, 2.75) is 18.6 Å². The van der Waals surface area contributed by atoms with E-state index in [9.17, 15) is 9.59 Å². The molecule has 152 valence electrons. The normalized spacial score (nSPS) is 21.1. The van der Waals surface area contributed by atoms with Crippen molar-refractivity contribution < 1.29 is 23.8 Å². The summed E-state index contributed by atoms with van der Waals surface area (Å²) in [4.78, 5) is 30.1. The topological polar surface area (TPSA) is 90.0 Å². The number of carbonyl (C=O) groups excluding carboxylic acids is 2. The predicted octanol–water partition coefficient (Wildman–Crippen LogP) is 2.66. The molecule has 2 amide bonds. The van der Waals surface area contributed by atoms with Crippen LogP contribution in [0.3, 0.4) is 0 Å². The number of hydrogen-bond donors (Lipinski definition) is 1. The molecular weight excluding hydrogens is 398 g/mol. The summed E-state index contributed by atoms with van der Waals surface area (Å²) >= 11 is 5.98. The van der Waals surface area contributed by atoms with Crippen LogP contribution in [0.5, 0.6) is 5.88 Å². The van der Waals surface area contributed by atoms with E-state index >= 15 is 0 Å². The molecule has 0 aliphatic carbocycles. The van der Waals surface area contributed by atoms with E-state index < -0.39 is 12.2 Å². The number of nitrogens with zero attached hydrogens (tertiary/aromatic N) is 2. The van der Waals surface area contributed by atoms with Crippen molar-refractivity contribution in [2.75, 3.05) is 31.2 Å². The molecule has 2 fully saturated rings. The van der Waals surface area contributed by atoms with Gasteiger partial charge in [-0.3, -0.25) is 9.69 Å². The molecule has 1 N–H and O–H groups in total. The molecule has 0 bridgehead atoms. The Kier molecular flexibility index (Phi) is 5.82. The zero-order valence-electron chi connectivity index (χ0n) is 15.5. The molecule has 2 unspecified atom stereocenters. The van der Waals surface area contributed by atoms with E-state index in [1.165, 1.54) is 11.1 Å². The predicted molar refractivity (Wildman–Crippen MR) is 105 cm³/mol. The van der Waals surface area contributed by atoms with Gasteiger partial charge in [0.05, 0.1) is 31.9 Å². The van der Waals surface area contributed by atoms with Crippen LogP contribution in [0.15, 0.2) is 42.6 Å². The van der Waals surface area contributed by atoms with E-state index in [0.717, 1.165) is 6.42 Å². The molecule has 2 atom stereocenters. The second-order valence-electron chi connectivity index (χ2n) is 6.79. The van der Waals surface area contributed by atoms with Gasteiger partial charge in [-0.25, -0.2) is 9.78 Å². The number of nitrogens with one attached hydrogen (secondary N) is 1. The molecule has 0 spiro atoms. The van der Waals surface area contributed by atoms with Gasteiger partial charge in [-0.2, -0.15) is 0 Å². The van der Waals surface area contributed by atoms with E-state index in [1.807, 2.05) is 0 Å². The smallest absolute Gasteiger partial charge is 0.414 e. The van der Waals surface area contributed by atoms with Crippen molar-refractivity contribution in [3.8, 4) is 5.88 Å². The summed E-state index contributed by atoms with van der Waals surface area (Å²) in [7, 11) is 0. The maximum Gasteiger partial charge on any atom is 0.414 e. The van der Waals surface area contributed by atoms with Gasteiger partial charge in [0.2, 0.25) is 5.88 Å². The summed E-state index contributed by atoms with van der Waals surface area (Å²) in [6.07, 6.45) is 1.37. The molecule has 4 rings (SSSR count). The molecule has 1 aromatic heterocycles. The van der Waals surface area contributed by atoms with Crippen molar-refractivity contribution in [2.24, 2.45) is 0 Å². The number of ether oxygens (including phenoxy) is 3. The number of carbonyl (C=O) groups is 2. The second kappa shape index (κ2) is 8.67. The lowest BCUT2D eigenvalue weighted by atomic mass is 10.2. The highest BCUT2D eigenvalue weighted by molar-refractivity contribution is 6.30. The van der Waals surface area contributed by atoms with Crippen LogP contribution in [0, 0.1) is 0 Å². The van der Waals surface area contributed by atoms with Crippen LogP contribution in [-0.4, -0.2) is 55.5 Å². The molecule has 3 heterocycles. The zero-order chi connectivity index (χ0) is 20.2. The van der Waals surface area contributed by atoms with E-state index in [1.54, 1.807) is 36.4 Å². The molecule has 9 heteroatoms. The minimum atomic E-state index is -0.467. The SMILES string of the molecule is O=C(NCC1CN(c2cccc(Cl)c2)C(=O)O1)c1ccc(OC2CCOC2)nc1. The van der Waals surface area contributed by atoms with Gasteiger partial charge in [0.25, 0.3) is 5.91 Å². The fourth-order valence-electron chi connectivity index (χ4n) is 3.15. The first kappa shape index (κ1) is 19.5. The number of anilines is 1. The third-order valence-corrected chi connectivity index (χ3v) is 4.89. The lowest BCUT2D eigenvalue weighted by Crippen LogP contribution is -2.34. The van der Waals surface area contributed by atoms with Crippen LogP contribution in [0.2, 0.25) is 5.02 Å². The van der Waals surface area contributed by atoms with Gasteiger partial charge < -0.3 is 19.5 Å². The maximum absolute atomic E-state index is 12.4. The van der Waals surface area contributed by atoms with Crippen molar-refractivity contribution in [1.29, 1.82) is 0 Å². The Labute approximate surface area is 172 Å². The van der Waals surface area contributed by atoms with Crippen molar-refractivity contribution in [1.82, 2.24) is 10.3 Å². The fraction of sp³-hybridized carbons (Fsp3) is 0.350. The average molecular weight is 418 g/mol. The van der Waals surface area contributed by atoms with Crippen LogP contribution in [0.25, 0.3) is 0 Å². The molecule has 2 aliphatic rings. The Morgan fingerprint density at radius 2 is 2.24 bits per heavy atom. The monoisotopic (exact) mass is 417 g/mol. The molecule has 29 heavy (non-hydrogen) atoms. The molecule has 0 saturated carbocycles. The van der Waals surface area contributed by atoms with Gasteiger partial charge in [-0.05, 0) is 24.3 Å². The van der Waals surface area contributed by atoms with E-state index in [0.29, 0.717) is 41.9 Å². The quantitative estimate of drug-likeness (QED) is 0.777.